The Morgan fingerprint density at radius 1 is 1.19 bits per heavy atom. The van der Waals surface area contributed by atoms with E-state index in [9.17, 15) is 0 Å². The molecule has 1 heterocycles. The van der Waals surface area contributed by atoms with Crippen molar-refractivity contribution in [2.24, 2.45) is 0 Å². The zero-order chi connectivity index (χ0) is 11.4. The van der Waals surface area contributed by atoms with E-state index < -0.39 is 0 Å². The van der Waals surface area contributed by atoms with Gasteiger partial charge in [-0.05, 0) is 25.5 Å². The highest BCUT2D eigenvalue weighted by atomic mass is 15.1. The summed E-state index contributed by atoms with van der Waals surface area (Å²) in [5, 5.41) is 5.78. The molecule has 1 aromatic carbocycles. The van der Waals surface area contributed by atoms with Gasteiger partial charge in [-0.25, -0.2) is 4.98 Å². The second-order valence-corrected chi connectivity index (χ2v) is 4.11. The van der Waals surface area contributed by atoms with Crippen molar-refractivity contribution < 1.29 is 0 Å². The summed E-state index contributed by atoms with van der Waals surface area (Å²) in [5.74, 6) is 0.972. The molecule has 0 aliphatic rings. The molecule has 3 nitrogen and oxygen atoms in total. The van der Waals surface area contributed by atoms with Crippen LogP contribution in [0.3, 0.4) is 0 Å². The highest BCUT2D eigenvalue weighted by molar-refractivity contribution is 5.91. The number of anilines is 1. The van der Waals surface area contributed by atoms with Gasteiger partial charge in [-0.2, -0.15) is 0 Å². The smallest absolute Gasteiger partial charge is 0.133 e. The number of pyridine rings is 1. The molecule has 0 radical (unpaired) electrons. The molecule has 0 bridgehead atoms. The third-order valence-corrected chi connectivity index (χ3v) is 2.53. The van der Waals surface area contributed by atoms with E-state index >= 15 is 0 Å². The van der Waals surface area contributed by atoms with E-state index in [1.165, 1.54) is 10.8 Å². The van der Waals surface area contributed by atoms with Gasteiger partial charge in [0.05, 0.1) is 0 Å². The second-order valence-electron chi connectivity index (χ2n) is 4.11. The summed E-state index contributed by atoms with van der Waals surface area (Å²) in [4.78, 5) is 6.53. The average Bonchev–Trinajstić information content (AvgIpc) is 2.29. The average molecular weight is 215 g/mol. The van der Waals surface area contributed by atoms with E-state index in [1.807, 2.05) is 24.4 Å². The van der Waals surface area contributed by atoms with Crippen molar-refractivity contribution >= 4 is 16.6 Å². The summed E-state index contributed by atoms with van der Waals surface area (Å²) >= 11 is 0. The van der Waals surface area contributed by atoms with Crippen LogP contribution in [0.15, 0.2) is 36.5 Å². The number of rotatable bonds is 4. The van der Waals surface area contributed by atoms with E-state index in [4.69, 9.17) is 0 Å². The van der Waals surface area contributed by atoms with Gasteiger partial charge in [-0.15, -0.1) is 0 Å². The normalized spacial score (nSPS) is 10.9. The minimum absolute atomic E-state index is 0.911. The first kappa shape index (κ1) is 10.9. The molecule has 0 saturated carbocycles. The Labute approximate surface area is 96.1 Å². The number of likely N-dealkylation sites (N-methyl/N-ethyl adjacent to an activating group) is 1. The molecule has 0 atom stereocenters. The molecule has 0 saturated heterocycles. The quantitative estimate of drug-likeness (QED) is 0.847. The number of aromatic nitrogens is 1. The molecular formula is C13H17N3. The zero-order valence-electron chi connectivity index (χ0n) is 9.77. The maximum atomic E-state index is 4.37. The molecule has 0 aliphatic heterocycles. The Bertz CT molecular complexity index is 460. The van der Waals surface area contributed by atoms with Crippen molar-refractivity contribution in [3.05, 3.63) is 36.5 Å². The van der Waals surface area contributed by atoms with Crippen molar-refractivity contribution in [1.29, 1.82) is 0 Å². The second kappa shape index (κ2) is 4.94. The van der Waals surface area contributed by atoms with Gasteiger partial charge in [-0.1, -0.05) is 24.3 Å². The topological polar surface area (TPSA) is 28.2 Å². The van der Waals surface area contributed by atoms with Crippen molar-refractivity contribution in [1.82, 2.24) is 9.88 Å². The molecule has 0 unspecified atom stereocenters. The predicted octanol–water partition coefficient (Wildman–Crippen LogP) is 2.21. The number of hydrogen-bond acceptors (Lipinski definition) is 3. The molecule has 16 heavy (non-hydrogen) atoms. The molecule has 2 aromatic rings. The van der Waals surface area contributed by atoms with E-state index in [0.717, 1.165) is 18.9 Å². The van der Waals surface area contributed by atoms with Gasteiger partial charge in [0.15, 0.2) is 0 Å². The lowest BCUT2D eigenvalue weighted by Gasteiger charge is -2.12. The molecular weight excluding hydrogens is 198 g/mol. The zero-order valence-corrected chi connectivity index (χ0v) is 9.77. The van der Waals surface area contributed by atoms with E-state index in [2.05, 4.69) is 41.4 Å². The summed E-state index contributed by atoms with van der Waals surface area (Å²) in [6.45, 7) is 1.92. The van der Waals surface area contributed by atoms with Crippen LogP contribution in [0.4, 0.5) is 5.82 Å². The highest BCUT2D eigenvalue weighted by Gasteiger charge is 2.00. The molecule has 0 amide bonds. The van der Waals surface area contributed by atoms with Crippen molar-refractivity contribution in [3.63, 3.8) is 0 Å². The SMILES string of the molecule is CN(C)CCNc1nccc2ccccc12. The molecule has 1 aromatic heterocycles. The first-order chi connectivity index (χ1) is 7.77. The summed E-state index contributed by atoms with van der Waals surface area (Å²) in [7, 11) is 4.14. The van der Waals surface area contributed by atoms with Crippen molar-refractivity contribution in [2.75, 3.05) is 32.5 Å². The summed E-state index contributed by atoms with van der Waals surface area (Å²) in [5.41, 5.74) is 0. The van der Waals surface area contributed by atoms with Gasteiger partial charge >= 0.3 is 0 Å². The number of nitrogens with zero attached hydrogens (tertiary/aromatic N) is 2. The monoisotopic (exact) mass is 215 g/mol. The van der Waals surface area contributed by atoms with Gasteiger partial charge in [0.1, 0.15) is 5.82 Å². The molecule has 0 aliphatic carbocycles. The number of fused-ring (bicyclic) bond motifs is 1. The van der Waals surface area contributed by atoms with E-state index in [0.29, 0.717) is 0 Å². The van der Waals surface area contributed by atoms with Crippen LogP contribution < -0.4 is 5.32 Å². The standard InChI is InChI=1S/C13H17N3/c1-16(2)10-9-15-13-12-6-4-3-5-11(12)7-8-14-13/h3-8H,9-10H2,1-2H3,(H,14,15). The molecule has 0 fully saturated rings. The number of nitrogens with one attached hydrogen (secondary N) is 1. The first-order valence-electron chi connectivity index (χ1n) is 5.50. The van der Waals surface area contributed by atoms with Crippen LogP contribution in [0.1, 0.15) is 0 Å². The third kappa shape index (κ3) is 2.49. The fourth-order valence-electron chi connectivity index (χ4n) is 1.66. The fraction of sp³-hybridized carbons (Fsp3) is 0.308. The molecule has 2 rings (SSSR count). The Kier molecular flexibility index (Phi) is 3.37. The molecule has 84 valence electrons. The fourth-order valence-corrected chi connectivity index (χ4v) is 1.66. The Hall–Kier alpha value is -1.61. The van der Waals surface area contributed by atoms with Gasteiger partial charge in [0.2, 0.25) is 0 Å². The van der Waals surface area contributed by atoms with Crippen molar-refractivity contribution in [2.45, 2.75) is 0 Å². The van der Waals surface area contributed by atoms with Crippen LogP contribution in [-0.4, -0.2) is 37.1 Å². The van der Waals surface area contributed by atoms with Crippen LogP contribution in [-0.2, 0) is 0 Å². The summed E-state index contributed by atoms with van der Waals surface area (Å²) in [6, 6.07) is 10.3. The number of hydrogen-bond donors (Lipinski definition) is 1. The van der Waals surface area contributed by atoms with Gasteiger partial charge in [0, 0.05) is 24.7 Å². The molecule has 1 N–H and O–H groups in total. The van der Waals surface area contributed by atoms with Crippen LogP contribution in [0.25, 0.3) is 10.8 Å². The maximum absolute atomic E-state index is 4.37. The predicted molar refractivity (Wildman–Crippen MR) is 68.8 cm³/mol. The largest absolute Gasteiger partial charge is 0.368 e. The summed E-state index contributed by atoms with van der Waals surface area (Å²) in [6.07, 6.45) is 1.85. The van der Waals surface area contributed by atoms with Gasteiger partial charge in [0.25, 0.3) is 0 Å². The van der Waals surface area contributed by atoms with Crippen LogP contribution in [0.2, 0.25) is 0 Å². The third-order valence-electron chi connectivity index (χ3n) is 2.53. The Morgan fingerprint density at radius 2 is 2.00 bits per heavy atom. The number of benzene rings is 1. The molecule has 3 heteroatoms. The minimum Gasteiger partial charge on any atom is -0.368 e. The van der Waals surface area contributed by atoms with E-state index in [-0.39, 0.29) is 0 Å². The lowest BCUT2D eigenvalue weighted by atomic mass is 10.1. The van der Waals surface area contributed by atoms with Crippen LogP contribution >= 0.6 is 0 Å². The van der Waals surface area contributed by atoms with Crippen molar-refractivity contribution in [3.8, 4) is 0 Å². The van der Waals surface area contributed by atoms with Gasteiger partial charge < -0.3 is 10.2 Å². The molecule has 0 spiro atoms. The Morgan fingerprint density at radius 3 is 2.81 bits per heavy atom. The van der Waals surface area contributed by atoms with E-state index in [1.54, 1.807) is 0 Å². The lowest BCUT2D eigenvalue weighted by molar-refractivity contribution is 0.425. The lowest BCUT2D eigenvalue weighted by Crippen LogP contribution is -2.21. The highest BCUT2D eigenvalue weighted by Crippen LogP contribution is 2.19. The first-order valence-corrected chi connectivity index (χ1v) is 5.50. The van der Waals surface area contributed by atoms with Crippen LogP contribution in [0, 0.1) is 0 Å². The minimum atomic E-state index is 0.911. The van der Waals surface area contributed by atoms with Crippen LogP contribution in [0.5, 0.6) is 0 Å². The maximum Gasteiger partial charge on any atom is 0.133 e. The Balaban J connectivity index is 2.17. The van der Waals surface area contributed by atoms with Gasteiger partial charge in [-0.3, -0.25) is 0 Å². The summed E-state index contributed by atoms with van der Waals surface area (Å²) < 4.78 is 0.